The maximum Gasteiger partial charge on any atom is 0.340 e. The summed E-state index contributed by atoms with van der Waals surface area (Å²) in [7, 11) is -1.66. The maximum absolute atomic E-state index is 6.26. The van der Waals surface area contributed by atoms with Crippen molar-refractivity contribution in [2.75, 3.05) is 13.2 Å². The van der Waals surface area contributed by atoms with Gasteiger partial charge in [-0.2, -0.15) is 0 Å². The van der Waals surface area contributed by atoms with Crippen LogP contribution >= 0.6 is 11.6 Å². The van der Waals surface area contributed by atoms with Gasteiger partial charge in [0.1, 0.15) is 0 Å². The van der Waals surface area contributed by atoms with Crippen LogP contribution in [0.3, 0.4) is 0 Å². The fourth-order valence-corrected chi connectivity index (χ4v) is 3.48. The SMILES string of the molecule is CCCO[SiH](OCCC)C(Cl)C(C)C. The van der Waals surface area contributed by atoms with Gasteiger partial charge < -0.3 is 8.85 Å². The zero-order valence-corrected chi connectivity index (χ0v) is 11.7. The molecular formula is C10H23ClO2Si. The van der Waals surface area contributed by atoms with Crippen molar-refractivity contribution in [3.05, 3.63) is 0 Å². The second kappa shape index (κ2) is 8.71. The molecule has 0 fully saturated rings. The summed E-state index contributed by atoms with van der Waals surface area (Å²) < 4.78 is 11.4. The number of hydrogen-bond acceptors (Lipinski definition) is 2. The van der Waals surface area contributed by atoms with Crippen LogP contribution in [0.4, 0.5) is 0 Å². The molecule has 0 spiro atoms. The van der Waals surface area contributed by atoms with E-state index in [9.17, 15) is 0 Å². The summed E-state index contributed by atoms with van der Waals surface area (Å²) in [6.07, 6.45) is 2.06. The van der Waals surface area contributed by atoms with Gasteiger partial charge in [-0.15, -0.1) is 11.6 Å². The fraction of sp³-hybridized carbons (Fsp3) is 1.00. The standard InChI is InChI=1S/C10H23ClO2Si/c1-5-7-12-14(13-8-6-2)10(11)9(3)4/h9-10,14H,5-8H2,1-4H3. The first-order valence-corrected chi connectivity index (χ1v) is 7.55. The average Bonchev–Trinajstić information content (AvgIpc) is 2.17. The van der Waals surface area contributed by atoms with Gasteiger partial charge in [0.15, 0.2) is 0 Å². The van der Waals surface area contributed by atoms with Gasteiger partial charge in [-0.25, -0.2) is 0 Å². The van der Waals surface area contributed by atoms with Gasteiger partial charge in [-0.3, -0.25) is 0 Å². The highest BCUT2D eigenvalue weighted by Gasteiger charge is 2.26. The third-order valence-corrected chi connectivity index (χ3v) is 5.41. The molecule has 0 rings (SSSR count). The van der Waals surface area contributed by atoms with Gasteiger partial charge in [0, 0.05) is 13.2 Å². The van der Waals surface area contributed by atoms with Gasteiger partial charge in [0.2, 0.25) is 0 Å². The van der Waals surface area contributed by atoms with Crippen LogP contribution in [0, 0.1) is 5.92 Å². The molecule has 14 heavy (non-hydrogen) atoms. The van der Waals surface area contributed by atoms with Crippen LogP contribution in [0.1, 0.15) is 40.5 Å². The fourth-order valence-electron chi connectivity index (χ4n) is 1.01. The summed E-state index contributed by atoms with van der Waals surface area (Å²) in [5.74, 6) is 0.432. The summed E-state index contributed by atoms with van der Waals surface area (Å²) in [6, 6.07) is 0. The zero-order chi connectivity index (χ0) is 11.0. The van der Waals surface area contributed by atoms with E-state index in [0.717, 1.165) is 26.1 Å². The Bertz CT molecular complexity index is 125. The summed E-state index contributed by atoms with van der Waals surface area (Å²) in [5, 5.41) is 0.0769. The highest BCUT2D eigenvalue weighted by Crippen LogP contribution is 2.15. The molecule has 0 N–H and O–H groups in total. The van der Waals surface area contributed by atoms with Crippen molar-refractivity contribution >= 4 is 20.9 Å². The monoisotopic (exact) mass is 238 g/mol. The number of hydrogen-bond donors (Lipinski definition) is 0. The molecule has 0 heterocycles. The first-order valence-electron chi connectivity index (χ1n) is 5.50. The second-order valence-corrected chi connectivity index (χ2v) is 6.85. The third-order valence-electron chi connectivity index (χ3n) is 1.87. The maximum atomic E-state index is 6.26. The van der Waals surface area contributed by atoms with Crippen molar-refractivity contribution < 1.29 is 8.85 Å². The van der Waals surface area contributed by atoms with E-state index in [2.05, 4.69) is 27.7 Å². The Balaban J connectivity index is 3.94. The van der Waals surface area contributed by atoms with Crippen LogP contribution < -0.4 is 0 Å². The Morgan fingerprint density at radius 2 is 1.50 bits per heavy atom. The molecule has 0 aliphatic carbocycles. The highest BCUT2D eigenvalue weighted by molar-refractivity contribution is 6.59. The van der Waals surface area contributed by atoms with E-state index in [-0.39, 0.29) is 5.00 Å². The minimum atomic E-state index is -1.66. The first kappa shape index (κ1) is 14.4. The van der Waals surface area contributed by atoms with E-state index in [0.29, 0.717) is 5.92 Å². The van der Waals surface area contributed by atoms with Crippen molar-refractivity contribution in [1.82, 2.24) is 0 Å². The molecule has 1 atom stereocenters. The summed E-state index contributed by atoms with van der Waals surface area (Å²) in [5.41, 5.74) is 0. The molecule has 0 saturated heterocycles. The first-order chi connectivity index (χ1) is 6.63. The molecule has 0 aromatic rings. The highest BCUT2D eigenvalue weighted by atomic mass is 35.5. The van der Waals surface area contributed by atoms with Crippen molar-refractivity contribution in [2.45, 2.75) is 45.5 Å². The van der Waals surface area contributed by atoms with Gasteiger partial charge >= 0.3 is 9.28 Å². The zero-order valence-electron chi connectivity index (χ0n) is 9.75. The van der Waals surface area contributed by atoms with Crippen LogP contribution in [-0.4, -0.2) is 27.5 Å². The lowest BCUT2D eigenvalue weighted by Crippen LogP contribution is -2.37. The number of rotatable bonds is 8. The van der Waals surface area contributed by atoms with Crippen LogP contribution in [-0.2, 0) is 8.85 Å². The normalized spacial score (nSPS) is 13.9. The number of alkyl halides is 1. The Morgan fingerprint density at radius 1 is 1.07 bits per heavy atom. The van der Waals surface area contributed by atoms with Crippen LogP contribution in [0.2, 0.25) is 0 Å². The lowest BCUT2D eigenvalue weighted by molar-refractivity contribution is 0.190. The van der Waals surface area contributed by atoms with Gasteiger partial charge in [0.05, 0.1) is 5.00 Å². The molecule has 2 nitrogen and oxygen atoms in total. The van der Waals surface area contributed by atoms with Crippen molar-refractivity contribution in [3.63, 3.8) is 0 Å². The lowest BCUT2D eigenvalue weighted by Gasteiger charge is -2.23. The van der Waals surface area contributed by atoms with Crippen molar-refractivity contribution in [2.24, 2.45) is 5.92 Å². The quantitative estimate of drug-likeness (QED) is 0.478. The Labute approximate surface area is 94.8 Å². The van der Waals surface area contributed by atoms with Crippen molar-refractivity contribution in [3.8, 4) is 0 Å². The Morgan fingerprint density at radius 3 is 1.79 bits per heavy atom. The van der Waals surface area contributed by atoms with Gasteiger partial charge in [-0.05, 0) is 18.8 Å². The molecule has 1 unspecified atom stereocenters. The lowest BCUT2D eigenvalue weighted by atomic mass is 10.3. The smallest absolute Gasteiger partial charge is 0.340 e. The molecule has 0 radical (unpaired) electrons. The summed E-state index contributed by atoms with van der Waals surface area (Å²) >= 11 is 6.26. The molecule has 0 bridgehead atoms. The molecule has 0 aliphatic heterocycles. The van der Waals surface area contributed by atoms with E-state index in [4.69, 9.17) is 20.5 Å². The number of halogens is 1. The van der Waals surface area contributed by atoms with Crippen LogP contribution in [0.15, 0.2) is 0 Å². The molecular weight excluding hydrogens is 216 g/mol. The van der Waals surface area contributed by atoms with E-state index < -0.39 is 9.28 Å². The van der Waals surface area contributed by atoms with E-state index >= 15 is 0 Å². The Hall–Kier alpha value is 0.427. The molecule has 0 saturated carbocycles. The topological polar surface area (TPSA) is 18.5 Å². The van der Waals surface area contributed by atoms with E-state index in [1.807, 2.05) is 0 Å². The second-order valence-electron chi connectivity index (χ2n) is 3.80. The Kier molecular flexibility index (Phi) is 8.98. The average molecular weight is 239 g/mol. The molecule has 0 amide bonds. The van der Waals surface area contributed by atoms with Gasteiger partial charge in [-0.1, -0.05) is 27.7 Å². The summed E-state index contributed by atoms with van der Waals surface area (Å²) in [6.45, 7) is 9.98. The van der Waals surface area contributed by atoms with Crippen LogP contribution in [0.5, 0.6) is 0 Å². The molecule has 0 aromatic carbocycles. The van der Waals surface area contributed by atoms with Gasteiger partial charge in [0.25, 0.3) is 0 Å². The third kappa shape index (κ3) is 6.01. The largest absolute Gasteiger partial charge is 0.396 e. The predicted molar refractivity (Wildman–Crippen MR) is 64.1 cm³/mol. The molecule has 0 aromatic heterocycles. The summed E-state index contributed by atoms with van der Waals surface area (Å²) in [4.78, 5) is 0. The van der Waals surface area contributed by atoms with E-state index in [1.54, 1.807) is 0 Å². The molecule has 4 heteroatoms. The molecule has 0 aliphatic rings. The van der Waals surface area contributed by atoms with Crippen molar-refractivity contribution in [1.29, 1.82) is 0 Å². The van der Waals surface area contributed by atoms with Crippen LogP contribution in [0.25, 0.3) is 0 Å². The minimum absolute atomic E-state index is 0.0769. The minimum Gasteiger partial charge on any atom is -0.396 e. The van der Waals surface area contributed by atoms with E-state index in [1.165, 1.54) is 0 Å². The predicted octanol–water partition coefficient (Wildman–Crippen LogP) is 2.86. The molecule has 86 valence electrons.